The Morgan fingerprint density at radius 2 is 2.12 bits per heavy atom. The summed E-state index contributed by atoms with van der Waals surface area (Å²) in [7, 11) is 0. The Labute approximate surface area is 102 Å². The number of piperidine rings is 1. The molecule has 1 atom stereocenters. The van der Waals surface area contributed by atoms with Crippen LogP contribution in [0.25, 0.3) is 0 Å². The number of hydrogen-bond acceptors (Lipinski definition) is 4. The Kier molecular flexibility index (Phi) is 3.97. The number of aromatic nitrogens is 1. The van der Waals surface area contributed by atoms with Crippen LogP contribution in [0, 0.1) is 5.92 Å². The summed E-state index contributed by atoms with van der Waals surface area (Å²) in [6, 6.07) is 3.88. The summed E-state index contributed by atoms with van der Waals surface area (Å²) in [5.74, 6) is 1.41. The number of anilines is 1. The van der Waals surface area contributed by atoms with E-state index in [1.54, 1.807) is 13.1 Å². The second kappa shape index (κ2) is 5.47. The van der Waals surface area contributed by atoms with Gasteiger partial charge in [-0.05, 0) is 37.3 Å². The van der Waals surface area contributed by atoms with Crippen LogP contribution in [0.1, 0.15) is 31.4 Å². The van der Waals surface area contributed by atoms with Crippen molar-refractivity contribution in [3.05, 3.63) is 23.9 Å². The van der Waals surface area contributed by atoms with Crippen molar-refractivity contribution in [1.29, 1.82) is 0 Å². The van der Waals surface area contributed by atoms with Gasteiger partial charge in [0, 0.05) is 25.9 Å². The van der Waals surface area contributed by atoms with E-state index in [0.29, 0.717) is 12.5 Å². The molecule has 2 rings (SSSR count). The molecular formula is C13H20N2O2. The standard InChI is InChI=1S/C13H20N2O2/c1-10(17)12-2-3-13(14-8-12)15-6-4-11(9-16)5-7-15/h2-3,8,10-11,16-17H,4-7,9H2,1H3/t10-/m0/s1. The van der Waals surface area contributed by atoms with Gasteiger partial charge in [-0.15, -0.1) is 0 Å². The molecule has 4 nitrogen and oxygen atoms in total. The lowest BCUT2D eigenvalue weighted by molar-refractivity contribution is 0.198. The van der Waals surface area contributed by atoms with E-state index in [9.17, 15) is 5.11 Å². The second-order valence-corrected chi connectivity index (χ2v) is 4.74. The Morgan fingerprint density at radius 1 is 1.41 bits per heavy atom. The monoisotopic (exact) mass is 236 g/mol. The van der Waals surface area contributed by atoms with E-state index >= 15 is 0 Å². The predicted octanol–water partition coefficient (Wildman–Crippen LogP) is 1.34. The first-order chi connectivity index (χ1) is 8.20. The van der Waals surface area contributed by atoms with Crippen LogP contribution in [0.4, 0.5) is 5.82 Å². The van der Waals surface area contributed by atoms with Crippen LogP contribution >= 0.6 is 0 Å². The molecule has 0 saturated carbocycles. The van der Waals surface area contributed by atoms with Crippen molar-refractivity contribution in [3.63, 3.8) is 0 Å². The van der Waals surface area contributed by atoms with Crippen LogP contribution in [-0.4, -0.2) is 34.9 Å². The summed E-state index contributed by atoms with van der Waals surface area (Å²) in [4.78, 5) is 6.61. The molecule has 2 heterocycles. The van der Waals surface area contributed by atoms with Crippen molar-refractivity contribution in [2.24, 2.45) is 5.92 Å². The molecule has 1 aliphatic rings. The van der Waals surface area contributed by atoms with E-state index < -0.39 is 6.10 Å². The molecule has 1 fully saturated rings. The lowest BCUT2D eigenvalue weighted by atomic mass is 9.98. The molecule has 0 amide bonds. The van der Waals surface area contributed by atoms with Crippen LogP contribution in [-0.2, 0) is 0 Å². The van der Waals surface area contributed by atoms with Gasteiger partial charge in [-0.25, -0.2) is 4.98 Å². The van der Waals surface area contributed by atoms with E-state index in [1.807, 2.05) is 12.1 Å². The zero-order valence-corrected chi connectivity index (χ0v) is 10.2. The minimum Gasteiger partial charge on any atom is -0.396 e. The average molecular weight is 236 g/mol. The largest absolute Gasteiger partial charge is 0.396 e. The molecule has 94 valence electrons. The molecule has 0 radical (unpaired) electrons. The summed E-state index contributed by atoms with van der Waals surface area (Å²) in [6.45, 7) is 3.93. The Balaban J connectivity index is 1.99. The number of pyridine rings is 1. The van der Waals surface area contributed by atoms with E-state index in [2.05, 4.69) is 9.88 Å². The Bertz CT molecular complexity index is 343. The van der Waals surface area contributed by atoms with Crippen molar-refractivity contribution >= 4 is 5.82 Å². The quantitative estimate of drug-likeness (QED) is 0.831. The summed E-state index contributed by atoms with van der Waals surface area (Å²) < 4.78 is 0. The Hall–Kier alpha value is -1.13. The number of nitrogens with zero attached hydrogens (tertiary/aromatic N) is 2. The lowest BCUT2D eigenvalue weighted by Gasteiger charge is -2.32. The highest BCUT2D eigenvalue weighted by Gasteiger charge is 2.19. The number of aliphatic hydroxyl groups excluding tert-OH is 2. The maximum atomic E-state index is 9.41. The summed E-state index contributed by atoms with van der Waals surface area (Å²) in [5, 5.41) is 18.5. The minimum atomic E-state index is -0.461. The van der Waals surface area contributed by atoms with Crippen molar-refractivity contribution in [1.82, 2.24) is 4.98 Å². The van der Waals surface area contributed by atoms with E-state index in [1.165, 1.54) is 0 Å². The Morgan fingerprint density at radius 3 is 2.59 bits per heavy atom. The predicted molar refractivity (Wildman–Crippen MR) is 66.9 cm³/mol. The summed E-state index contributed by atoms with van der Waals surface area (Å²) in [6.07, 6.45) is 3.32. The van der Waals surface area contributed by atoms with Crippen LogP contribution in [0.15, 0.2) is 18.3 Å². The van der Waals surface area contributed by atoms with Crippen molar-refractivity contribution in [2.75, 3.05) is 24.6 Å². The highest BCUT2D eigenvalue weighted by Crippen LogP contribution is 2.22. The first kappa shape index (κ1) is 12.3. The average Bonchev–Trinajstić information content (AvgIpc) is 2.39. The third kappa shape index (κ3) is 2.96. The van der Waals surface area contributed by atoms with Crippen LogP contribution in [0.2, 0.25) is 0 Å². The molecule has 0 aromatic carbocycles. The number of aliphatic hydroxyl groups is 2. The van der Waals surface area contributed by atoms with Gasteiger partial charge in [0.2, 0.25) is 0 Å². The molecule has 1 saturated heterocycles. The first-order valence-electron chi connectivity index (χ1n) is 6.20. The van der Waals surface area contributed by atoms with Crippen molar-refractivity contribution in [2.45, 2.75) is 25.9 Å². The van der Waals surface area contributed by atoms with Crippen molar-refractivity contribution < 1.29 is 10.2 Å². The molecule has 1 aliphatic heterocycles. The number of hydrogen-bond donors (Lipinski definition) is 2. The molecule has 0 unspecified atom stereocenters. The molecule has 0 spiro atoms. The molecule has 1 aromatic rings. The molecule has 4 heteroatoms. The van der Waals surface area contributed by atoms with Gasteiger partial charge in [0.15, 0.2) is 0 Å². The normalized spacial score (nSPS) is 19.4. The fourth-order valence-electron chi connectivity index (χ4n) is 2.18. The first-order valence-corrected chi connectivity index (χ1v) is 6.20. The van der Waals surface area contributed by atoms with Gasteiger partial charge in [-0.1, -0.05) is 6.07 Å². The van der Waals surface area contributed by atoms with Gasteiger partial charge >= 0.3 is 0 Å². The molecule has 0 aliphatic carbocycles. The molecule has 1 aromatic heterocycles. The van der Waals surface area contributed by atoms with E-state index in [-0.39, 0.29) is 0 Å². The fraction of sp³-hybridized carbons (Fsp3) is 0.615. The topological polar surface area (TPSA) is 56.6 Å². The SMILES string of the molecule is C[C@H](O)c1ccc(N2CCC(CO)CC2)nc1. The van der Waals surface area contributed by atoms with Gasteiger partial charge in [0.25, 0.3) is 0 Å². The maximum absolute atomic E-state index is 9.41. The zero-order valence-electron chi connectivity index (χ0n) is 10.2. The molecule has 0 bridgehead atoms. The summed E-state index contributed by atoms with van der Waals surface area (Å²) in [5.41, 5.74) is 0.846. The van der Waals surface area contributed by atoms with Crippen molar-refractivity contribution in [3.8, 4) is 0 Å². The van der Waals surface area contributed by atoms with Gasteiger partial charge < -0.3 is 15.1 Å². The maximum Gasteiger partial charge on any atom is 0.128 e. The minimum absolute atomic E-state index is 0.294. The summed E-state index contributed by atoms with van der Waals surface area (Å²) >= 11 is 0. The molecular weight excluding hydrogens is 216 g/mol. The highest BCUT2D eigenvalue weighted by atomic mass is 16.3. The molecule has 17 heavy (non-hydrogen) atoms. The fourth-order valence-corrected chi connectivity index (χ4v) is 2.18. The highest BCUT2D eigenvalue weighted by molar-refractivity contribution is 5.40. The third-order valence-corrected chi connectivity index (χ3v) is 3.45. The third-order valence-electron chi connectivity index (χ3n) is 3.45. The lowest BCUT2D eigenvalue weighted by Crippen LogP contribution is -2.35. The van der Waals surface area contributed by atoms with Gasteiger partial charge in [0.05, 0.1) is 6.10 Å². The van der Waals surface area contributed by atoms with Crippen LogP contribution in [0.5, 0.6) is 0 Å². The zero-order chi connectivity index (χ0) is 12.3. The van der Waals surface area contributed by atoms with E-state index in [0.717, 1.165) is 37.3 Å². The molecule has 2 N–H and O–H groups in total. The van der Waals surface area contributed by atoms with Gasteiger partial charge in [-0.2, -0.15) is 0 Å². The van der Waals surface area contributed by atoms with Crippen LogP contribution in [0.3, 0.4) is 0 Å². The van der Waals surface area contributed by atoms with Gasteiger partial charge in [-0.3, -0.25) is 0 Å². The van der Waals surface area contributed by atoms with Crippen LogP contribution < -0.4 is 4.90 Å². The smallest absolute Gasteiger partial charge is 0.128 e. The second-order valence-electron chi connectivity index (χ2n) is 4.74. The van der Waals surface area contributed by atoms with E-state index in [4.69, 9.17) is 5.11 Å². The van der Waals surface area contributed by atoms with Gasteiger partial charge in [0.1, 0.15) is 5.82 Å². The number of rotatable bonds is 3.